The summed E-state index contributed by atoms with van der Waals surface area (Å²) >= 11 is 0. The summed E-state index contributed by atoms with van der Waals surface area (Å²) in [5, 5.41) is 13.2. The molecule has 0 aliphatic rings. The number of hydrogen-bond donors (Lipinski definition) is 2. The van der Waals surface area contributed by atoms with Gasteiger partial charge in [-0.3, -0.25) is 0 Å². The number of para-hydroxylation sites is 1. The fourth-order valence-electron chi connectivity index (χ4n) is 3.93. The molecule has 0 saturated heterocycles. The van der Waals surface area contributed by atoms with Gasteiger partial charge in [-0.2, -0.15) is 0 Å². The Bertz CT molecular complexity index is 1050. The molecular weight excluding hydrogens is 396 g/mol. The Hall–Kier alpha value is -3.45. The lowest BCUT2D eigenvalue weighted by molar-refractivity contribution is 0.0695. The number of methoxy groups -OCH3 is 3. The number of hydrogen-bond acceptors (Lipinski definition) is 5. The van der Waals surface area contributed by atoms with E-state index in [-0.39, 0.29) is 0 Å². The Balaban J connectivity index is 1.88. The molecule has 1 aromatic heterocycles. The molecule has 0 spiro atoms. The van der Waals surface area contributed by atoms with E-state index >= 15 is 0 Å². The van der Waals surface area contributed by atoms with E-state index in [1.807, 2.05) is 60.9 Å². The zero-order valence-corrected chi connectivity index (χ0v) is 18.5. The molecule has 164 valence electrons. The molecule has 0 radical (unpaired) electrons. The molecule has 2 N–H and O–H groups in total. The number of nitrogens with zero attached hydrogens (tertiary/aromatic N) is 1. The molecule has 3 aromatic rings. The second-order valence-electron chi connectivity index (χ2n) is 7.14. The van der Waals surface area contributed by atoms with Crippen LogP contribution >= 0.6 is 0 Å². The van der Waals surface area contributed by atoms with E-state index in [0.29, 0.717) is 41.6 Å². The minimum atomic E-state index is -0.931. The third-order valence-electron chi connectivity index (χ3n) is 5.35. The molecular formula is C24H28N2O5. The Morgan fingerprint density at radius 3 is 2.06 bits per heavy atom. The van der Waals surface area contributed by atoms with E-state index in [1.54, 1.807) is 21.3 Å². The highest BCUT2D eigenvalue weighted by Gasteiger charge is 2.23. The van der Waals surface area contributed by atoms with Crippen LogP contribution in [-0.4, -0.2) is 37.0 Å². The number of nitrogens with one attached hydrogen (secondary N) is 1. The SMILES string of the molecule is COc1cc(CNCc2c(C(=O)O)c(C)n(-c3ccccc3)c2C)cc(OC)c1OC. The highest BCUT2D eigenvalue weighted by molar-refractivity contribution is 5.91. The lowest BCUT2D eigenvalue weighted by Gasteiger charge is -2.14. The standard InChI is InChI=1S/C24H28N2O5/c1-15-19(22(24(27)28)16(2)26(15)18-9-7-6-8-10-18)14-25-13-17-11-20(29-3)23(31-5)21(12-17)30-4/h6-12,25H,13-14H2,1-5H3,(H,27,28). The first-order valence-electron chi connectivity index (χ1n) is 9.92. The third-order valence-corrected chi connectivity index (χ3v) is 5.35. The predicted octanol–water partition coefficient (Wildman–Crippen LogP) is 4.11. The average molecular weight is 424 g/mol. The third kappa shape index (κ3) is 4.36. The smallest absolute Gasteiger partial charge is 0.337 e. The highest BCUT2D eigenvalue weighted by atomic mass is 16.5. The largest absolute Gasteiger partial charge is 0.493 e. The maximum absolute atomic E-state index is 12.0. The predicted molar refractivity (Wildman–Crippen MR) is 119 cm³/mol. The van der Waals surface area contributed by atoms with Crippen LogP contribution in [0.3, 0.4) is 0 Å². The van der Waals surface area contributed by atoms with Crippen LogP contribution in [-0.2, 0) is 13.1 Å². The van der Waals surface area contributed by atoms with Gasteiger partial charge in [0.1, 0.15) is 0 Å². The molecule has 0 aliphatic heterocycles. The molecule has 2 aromatic carbocycles. The van der Waals surface area contributed by atoms with Gasteiger partial charge in [-0.1, -0.05) is 18.2 Å². The highest BCUT2D eigenvalue weighted by Crippen LogP contribution is 2.38. The Morgan fingerprint density at radius 2 is 1.55 bits per heavy atom. The van der Waals surface area contributed by atoms with Gasteiger partial charge < -0.3 is 29.2 Å². The Labute approximate surface area is 182 Å². The zero-order valence-electron chi connectivity index (χ0n) is 18.5. The summed E-state index contributed by atoms with van der Waals surface area (Å²) in [4.78, 5) is 12.0. The van der Waals surface area contributed by atoms with Crippen molar-refractivity contribution in [1.82, 2.24) is 9.88 Å². The number of carboxylic acid groups (broad SMARTS) is 1. The summed E-state index contributed by atoms with van der Waals surface area (Å²) in [6.07, 6.45) is 0. The second-order valence-corrected chi connectivity index (χ2v) is 7.14. The molecule has 0 unspecified atom stereocenters. The summed E-state index contributed by atoms with van der Waals surface area (Å²) in [5.74, 6) is 0.757. The van der Waals surface area contributed by atoms with Crippen molar-refractivity contribution in [3.63, 3.8) is 0 Å². The number of carboxylic acids is 1. The van der Waals surface area contributed by atoms with Crippen LogP contribution in [0.15, 0.2) is 42.5 Å². The van der Waals surface area contributed by atoms with E-state index in [4.69, 9.17) is 14.2 Å². The zero-order chi connectivity index (χ0) is 22.5. The van der Waals surface area contributed by atoms with Gasteiger partial charge in [0, 0.05) is 35.7 Å². The molecule has 3 rings (SSSR count). The van der Waals surface area contributed by atoms with E-state index in [1.165, 1.54) is 0 Å². The summed E-state index contributed by atoms with van der Waals surface area (Å²) in [5.41, 5.74) is 4.58. The Morgan fingerprint density at radius 1 is 0.935 bits per heavy atom. The van der Waals surface area contributed by atoms with Gasteiger partial charge >= 0.3 is 5.97 Å². The van der Waals surface area contributed by atoms with Crippen molar-refractivity contribution < 1.29 is 24.1 Å². The van der Waals surface area contributed by atoms with Gasteiger partial charge in [0.2, 0.25) is 5.75 Å². The maximum Gasteiger partial charge on any atom is 0.337 e. The molecule has 7 nitrogen and oxygen atoms in total. The number of carbonyl (C=O) groups is 1. The fourth-order valence-corrected chi connectivity index (χ4v) is 3.93. The van der Waals surface area contributed by atoms with Crippen LogP contribution in [0.4, 0.5) is 0 Å². The number of aromatic nitrogens is 1. The molecule has 0 aliphatic carbocycles. The van der Waals surface area contributed by atoms with Crippen LogP contribution in [0.25, 0.3) is 5.69 Å². The average Bonchev–Trinajstić information content (AvgIpc) is 3.03. The number of rotatable bonds is 9. The number of aromatic carboxylic acids is 1. The maximum atomic E-state index is 12.0. The molecule has 0 saturated carbocycles. The van der Waals surface area contributed by atoms with Crippen LogP contribution in [0.5, 0.6) is 17.2 Å². The molecule has 1 heterocycles. The second kappa shape index (κ2) is 9.57. The lowest BCUT2D eigenvalue weighted by atomic mass is 10.1. The van der Waals surface area contributed by atoms with E-state index in [9.17, 15) is 9.90 Å². The van der Waals surface area contributed by atoms with Crippen molar-refractivity contribution in [2.24, 2.45) is 0 Å². The summed E-state index contributed by atoms with van der Waals surface area (Å²) in [6, 6.07) is 13.5. The van der Waals surface area contributed by atoms with Crippen LogP contribution in [0, 0.1) is 13.8 Å². The van der Waals surface area contributed by atoms with Crippen LogP contribution in [0.2, 0.25) is 0 Å². The monoisotopic (exact) mass is 424 g/mol. The first-order chi connectivity index (χ1) is 14.9. The fraction of sp³-hybridized carbons (Fsp3) is 0.292. The van der Waals surface area contributed by atoms with Crippen molar-refractivity contribution in [2.45, 2.75) is 26.9 Å². The van der Waals surface area contributed by atoms with Crippen molar-refractivity contribution in [2.75, 3.05) is 21.3 Å². The van der Waals surface area contributed by atoms with Crippen LogP contribution in [0.1, 0.15) is 32.9 Å². The van der Waals surface area contributed by atoms with Gasteiger partial charge in [0.15, 0.2) is 11.5 Å². The van der Waals surface area contributed by atoms with E-state index < -0.39 is 5.97 Å². The molecule has 0 bridgehead atoms. The Kier molecular flexibility index (Phi) is 6.87. The van der Waals surface area contributed by atoms with Crippen molar-refractivity contribution in [3.8, 4) is 22.9 Å². The van der Waals surface area contributed by atoms with E-state index in [2.05, 4.69) is 5.32 Å². The summed E-state index contributed by atoms with van der Waals surface area (Å²) < 4.78 is 18.2. The first-order valence-corrected chi connectivity index (χ1v) is 9.92. The normalized spacial score (nSPS) is 10.7. The van der Waals surface area contributed by atoms with Crippen molar-refractivity contribution >= 4 is 5.97 Å². The minimum absolute atomic E-state index is 0.332. The van der Waals surface area contributed by atoms with Gasteiger partial charge in [-0.25, -0.2) is 4.79 Å². The lowest BCUT2D eigenvalue weighted by Crippen LogP contribution is -2.16. The molecule has 7 heteroatoms. The van der Waals surface area contributed by atoms with E-state index in [0.717, 1.165) is 22.5 Å². The van der Waals surface area contributed by atoms with Crippen molar-refractivity contribution in [1.29, 1.82) is 0 Å². The number of benzene rings is 2. The van der Waals surface area contributed by atoms with Gasteiger partial charge in [-0.15, -0.1) is 0 Å². The van der Waals surface area contributed by atoms with Gasteiger partial charge in [0.25, 0.3) is 0 Å². The molecule has 0 amide bonds. The minimum Gasteiger partial charge on any atom is -0.493 e. The van der Waals surface area contributed by atoms with Crippen molar-refractivity contribution in [3.05, 3.63) is 70.5 Å². The van der Waals surface area contributed by atoms with Gasteiger partial charge in [0.05, 0.1) is 26.9 Å². The molecule has 0 fully saturated rings. The molecule has 31 heavy (non-hydrogen) atoms. The first kappa shape index (κ1) is 22.2. The molecule has 0 atom stereocenters. The summed E-state index contributed by atoms with van der Waals surface area (Å²) in [6.45, 7) is 4.70. The topological polar surface area (TPSA) is 82.0 Å². The number of ether oxygens (including phenoxy) is 3. The quantitative estimate of drug-likeness (QED) is 0.538. The summed E-state index contributed by atoms with van der Waals surface area (Å²) in [7, 11) is 4.71. The van der Waals surface area contributed by atoms with Crippen LogP contribution < -0.4 is 19.5 Å². The van der Waals surface area contributed by atoms with Gasteiger partial charge in [-0.05, 0) is 43.7 Å².